The Hall–Kier alpha value is -1.43. The van der Waals surface area contributed by atoms with E-state index in [1.54, 1.807) is 0 Å². The Bertz CT molecular complexity index is 595. The minimum absolute atomic E-state index is 0.519. The van der Waals surface area contributed by atoms with Crippen molar-refractivity contribution in [2.24, 2.45) is 0 Å². The molecule has 0 unspecified atom stereocenters. The number of hydrogen-bond donors (Lipinski definition) is 0. The zero-order valence-corrected chi connectivity index (χ0v) is 14.1. The predicted molar refractivity (Wildman–Crippen MR) is 96.4 cm³/mol. The molecule has 0 aromatic heterocycles. The second-order valence-electron chi connectivity index (χ2n) is 5.82. The van der Waals surface area contributed by atoms with Crippen LogP contribution in [0.1, 0.15) is 57.1 Å². The Morgan fingerprint density at radius 1 is 1.33 bits per heavy atom. The average Bonchev–Trinajstić information content (AvgIpc) is 2.71. The van der Waals surface area contributed by atoms with Crippen molar-refractivity contribution in [2.75, 3.05) is 0 Å². The largest absolute Gasteiger partial charge is 0.130 e. The van der Waals surface area contributed by atoms with E-state index in [0.29, 0.717) is 5.92 Å². The van der Waals surface area contributed by atoms with E-state index in [-0.39, 0.29) is 0 Å². The van der Waals surface area contributed by atoms with Gasteiger partial charge >= 0.3 is 0 Å². The van der Waals surface area contributed by atoms with Gasteiger partial charge in [-0.15, -0.1) is 5.73 Å². The van der Waals surface area contributed by atoms with Gasteiger partial charge in [-0.2, -0.15) is 0 Å². The fourth-order valence-electron chi connectivity index (χ4n) is 2.62. The van der Waals surface area contributed by atoms with E-state index in [2.05, 4.69) is 68.8 Å². The summed E-state index contributed by atoms with van der Waals surface area (Å²) in [5.41, 5.74) is 8.45. The molecule has 110 valence electrons. The van der Waals surface area contributed by atoms with Crippen LogP contribution in [0.3, 0.4) is 0 Å². The van der Waals surface area contributed by atoms with Crippen LogP contribution in [0.2, 0.25) is 0 Å². The van der Waals surface area contributed by atoms with E-state index in [0.717, 1.165) is 12.8 Å². The third-order valence-corrected chi connectivity index (χ3v) is 5.16. The topological polar surface area (TPSA) is 0 Å². The van der Waals surface area contributed by atoms with Gasteiger partial charge in [-0.3, -0.25) is 0 Å². The summed E-state index contributed by atoms with van der Waals surface area (Å²) in [7, 11) is 0. The number of hydrogen-bond acceptors (Lipinski definition) is 1. The summed E-state index contributed by atoms with van der Waals surface area (Å²) >= 11 is 1.85. The zero-order valence-electron chi connectivity index (χ0n) is 13.3. The van der Waals surface area contributed by atoms with Gasteiger partial charge in [0.1, 0.15) is 0 Å². The van der Waals surface area contributed by atoms with Crippen LogP contribution in [0.4, 0.5) is 0 Å². The Kier molecular flexibility index (Phi) is 5.73. The normalized spacial score (nSPS) is 16.3. The van der Waals surface area contributed by atoms with Gasteiger partial charge in [-0.25, -0.2) is 0 Å². The SMILES string of the molecule is C=C=C(C)C[C@H](C)c1ccc(C2=C(C)CCC=CS2)cc1. The summed E-state index contributed by atoms with van der Waals surface area (Å²) in [4.78, 5) is 1.42. The third-order valence-electron chi connectivity index (χ3n) is 4.01. The predicted octanol–water partition coefficient (Wildman–Crippen LogP) is 6.68. The Balaban J connectivity index is 2.18. The summed E-state index contributed by atoms with van der Waals surface area (Å²) in [6, 6.07) is 9.07. The van der Waals surface area contributed by atoms with Gasteiger partial charge in [0, 0.05) is 4.91 Å². The van der Waals surface area contributed by atoms with Crippen molar-refractivity contribution < 1.29 is 0 Å². The summed E-state index contributed by atoms with van der Waals surface area (Å²) in [5, 5.41) is 2.22. The van der Waals surface area contributed by atoms with Crippen molar-refractivity contribution in [1.82, 2.24) is 0 Å². The Morgan fingerprint density at radius 3 is 2.71 bits per heavy atom. The lowest BCUT2D eigenvalue weighted by Gasteiger charge is -2.13. The summed E-state index contributed by atoms with van der Waals surface area (Å²) in [6.07, 6.45) is 5.62. The molecule has 1 aliphatic heterocycles. The molecule has 0 radical (unpaired) electrons. The van der Waals surface area contributed by atoms with E-state index < -0.39 is 0 Å². The standard InChI is InChI=1S/C20H24S/c1-5-15(2)14-17(4)18-9-11-19(12-10-18)20-16(3)8-6-7-13-21-20/h7,9-13,17H,1,6,8,14H2,2-4H3/t17-/m0/s1. The molecule has 1 aromatic carbocycles. The summed E-state index contributed by atoms with van der Waals surface area (Å²) in [5.74, 6) is 0.519. The summed E-state index contributed by atoms with van der Waals surface area (Å²) < 4.78 is 0. The molecule has 2 rings (SSSR count). The molecule has 0 saturated heterocycles. The van der Waals surface area contributed by atoms with Crippen LogP contribution in [0.5, 0.6) is 0 Å². The second-order valence-corrected chi connectivity index (χ2v) is 6.74. The van der Waals surface area contributed by atoms with Gasteiger partial charge in [0.15, 0.2) is 0 Å². The fraction of sp³-hybridized carbons (Fsp3) is 0.350. The van der Waals surface area contributed by atoms with Crippen molar-refractivity contribution in [1.29, 1.82) is 0 Å². The maximum atomic E-state index is 3.72. The van der Waals surface area contributed by atoms with E-state index in [4.69, 9.17) is 0 Å². The molecule has 0 N–H and O–H groups in total. The molecule has 0 saturated carbocycles. The zero-order chi connectivity index (χ0) is 15.2. The minimum atomic E-state index is 0.519. The van der Waals surface area contributed by atoms with Crippen LogP contribution in [-0.2, 0) is 0 Å². The third kappa shape index (κ3) is 4.27. The number of allylic oxidation sites excluding steroid dienone is 3. The molecule has 21 heavy (non-hydrogen) atoms. The highest BCUT2D eigenvalue weighted by Crippen LogP contribution is 2.36. The van der Waals surface area contributed by atoms with Crippen LogP contribution in [0.25, 0.3) is 4.91 Å². The van der Waals surface area contributed by atoms with Gasteiger partial charge in [0.2, 0.25) is 0 Å². The Morgan fingerprint density at radius 2 is 2.05 bits per heavy atom. The van der Waals surface area contributed by atoms with Crippen LogP contribution >= 0.6 is 11.8 Å². The summed E-state index contributed by atoms with van der Waals surface area (Å²) in [6.45, 7) is 10.3. The molecular formula is C20H24S. The van der Waals surface area contributed by atoms with Crippen LogP contribution < -0.4 is 0 Å². The second kappa shape index (κ2) is 7.54. The first-order chi connectivity index (χ1) is 10.1. The first-order valence-electron chi connectivity index (χ1n) is 7.59. The molecule has 1 aliphatic rings. The highest BCUT2D eigenvalue weighted by molar-refractivity contribution is 8.11. The number of benzene rings is 1. The van der Waals surface area contributed by atoms with Crippen LogP contribution in [-0.4, -0.2) is 0 Å². The molecule has 0 aliphatic carbocycles. The highest BCUT2D eigenvalue weighted by atomic mass is 32.2. The van der Waals surface area contributed by atoms with E-state index in [1.165, 1.54) is 33.6 Å². The molecule has 1 heterocycles. The van der Waals surface area contributed by atoms with E-state index in [9.17, 15) is 0 Å². The minimum Gasteiger partial charge on any atom is -0.130 e. The van der Waals surface area contributed by atoms with E-state index >= 15 is 0 Å². The monoisotopic (exact) mass is 296 g/mol. The van der Waals surface area contributed by atoms with E-state index in [1.807, 2.05) is 11.8 Å². The molecule has 1 atom stereocenters. The van der Waals surface area contributed by atoms with Crippen molar-refractivity contribution in [3.05, 3.63) is 70.3 Å². The quantitative estimate of drug-likeness (QED) is 0.558. The molecular weight excluding hydrogens is 272 g/mol. The lowest BCUT2D eigenvalue weighted by Crippen LogP contribution is -1.95. The fourth-order valence-corrected chi connectivity index (χ4v) is 3.57. The smallest absolute Gasteiger partial charge is 0.0178 e. The van der Waals surface area contributed by atoms with Gasteiger partial charge in [-0.1, -0.05) is 61.2 Å². The molecule has 1 aromatic rings. The lowest BCUT2D eigenvalue weighted by atomic mass is 9.93. The van der Waals surface area contributed by atoms with Crippen LogP contribution in [0.15, 0.2) is 59.2 Å². The first kappa shape index (κ1) is 15.9. The van der Waals surface area contributed by atoms with Crippen molar-refractivity contribution in [2.45, 2.75) is 46.0 Å². The van der Waals surface area contributed by atoms with Gasteiger partial charge in [0.25, 0.3) is 0 Å². The van der Waals surface area contributed by atoms with Crippen molar-refractivity contribution in [3.8, 4) is 0 Å². The average molecular weight is 296 g/mol. The Labute approximate surface area is 133 Å². The molecule has 0 amide bonds. The van der Waals surface area contributed by atoms with Gasteiger partial charge < -0.3 is 0 Å². The maximum Gasteiger partial charge on any atom is 0.0178 e. The molecule has 0 fully saturated rings. The molecule has 0 nitrogen and oxygen atoms in total. The highest BCUT2D eigenvalue weighted by Gasteiger charge is 2.10. The molecule has 1 heteroatoms. The molecule has 0 spiro atoms. The number of thioether (sulfide) groups is 1. The maximum absolute atomic E-state index is 3.72. The van der Waals surface area contributed by atoms with Crippen molar-refractivity contribution >= 4 is 16.7 Å². The number of rotatable bonds is 4. The lowest BCUT2D eigenvalue weighted by molar-refractivity contribution is 0.752. The first-order valence-corrected chi connectivity index (χ1v) is 8.47. The van der Waals surface area contributed by atoms with Gasteiger partial charge in [0.05, 0.1) is 0 Å². The molecule has 0 bridgehead atoms. The van der Waals surface area contributed by atoms with Gasteiger partial charge in [-0.05, 0) is 61.1 Å². The van der Waals surface area contributed by atoms with Crippen LogP contribution in [0, 0.1) is 0 Å². The van der Waals surface area contributed by atoms with Crippen molar-refractivity contribution in [3.63, 3.8) is 0 Å².